The van der Waals surface area contributed by atoms with Gasteiger partial charge in [-0.05, 0) is 18.2 Å². The fourth-order valence-electron chi connectivity index (χ4n) is 2.96. The number of ether oxygens (including phenoxy) is 1. The maximum Gasteiger partial charge on any atom is 0.272 e. The van der Waals surface area contributed by atoms with Crippen LogP contribution in [0.25, 0.3) is 16.4 Å². The topological polar surface area (TPSA) is 94.5 Å². The zero-order valence-corrected chi connectivity index (χ0v) is 14.7. The second-order valence-electron chi connectivity index (χ2n) is 6.07. The van der Waals surface area contributed by atoms with Gasteiger partial charge in [-0.2, -0.15) is 9.61 Å². The van der Waals surface area contributed by atoms with Gasteiger partial charge in [0.05, 0.1) is 12.6 Å². The first-order valence-electron chi connectivity index (χ1n) is 8.32. The fourth-order valence-corrected chi connectivity index (χ4v) is 2.96. The van der Waals surface area contributed by atoms with Crippen molar-refractivity contribution in [2.45, 2.75) is 6.54 Å². The van der Waals surface area contributed by atoms with E-state index in [1.54, 1.807) is 18.2 Å². The summed E-state index contributed by atoms with van der Waals surface area (Å²) < 4.78 is 33.4. The summed E-state index contributed by atoms with van der Waals surface area (Å²) in [6.45, 7) is -0.110. The fraction of sp³-hybridized carbons (Fsp3) is 0.105. The number of rotatable bonds is 4. The number of hydrogen-bond acceptors (Lipinski definition) is 5. The number of nitrogens with one attached hydrogen (secondary N) is 1. The van der Waals surface area contributed by atoms with Crippen LogP contribution in [0, 0.1) is 11.6 Å². The summed E-state index contributed by atoms with van der Waals surface area (Å²) in [5, 5.41) is 7.47. The Morgan fingerprint density at radius 2 is 2.07 bits per heavy atom. The van der Waals surface area contributed by atoms with Gasteiger partial charge >= 0.3 is 0 Å². The Labute approximate surface area is 157 Å². The molecule has 0 saturated carbocycles. The molecule has 2 heterocycles. The van der Waals surface area contributed by atoms with Gasteiger partial charge in [0, 0.05) is 23.6 Å². The van der Waals surface area contributed by atoms with E-state index < -0.39 is 17.5 Å². The molecular weight excluding hydrogens is 368 g/mol. The third-order valence-corrected chi connectivity index (χ3v) is 4.33. The second-order valence-corrected chi connectivity index (χ2v) is 6.07. The van der Waals surface area contributed by atoms with Crippen LogP contribution in [0.3, 0.4) is 0 Å². The van der Waals surface area contributed by atoms with Crippen LogP contribution in [0.4, 0.5) is 14.7 Å². The zero-order chi connectivity index (χ0) is 19.8. The van der Waals surface area contributed by atoms with Crippen LogP contribution in [-0.2, 0) is 6.54 Å². The predicted molar refractivity (Wildman–Crippen MR) is 99.0 cm³/mol. The number of fused-ring (bicyclic) bond motifs is 3. The van der Waals surface area contributed by atoms with Gasteiger partial charge in [0.2, 0.25) is 5.95 Å². The number of carbonyl (C=O) groups is 1. The number of amides is 1. The standard InChI is InChI=1S/C19H15F2N5O2/c1-28-16-4-2-3-12-15-8-14(25-26(15)19(22)24-17(12)16)18(27)23-9-10-5-6-11(20)7-13(10)21/h2-8H,9H2,1H3,(H2,22,24)(H,23,27). The van der Waals surface area contributed by atoms with Crippen LogP contribution in [-0.4, -0.2) is 27.6 Å². The quantitative estimate of drug-likeness (QED) is 0.565. The summed E-state index contributed by atoms with van der Waals surface area (Å²) >= 11 is 0. The molecule has 0 aliphatic rings. The molecule has 28 heavy (non-hydrogen) atoms. The number of nitrogen functional groups attached to an aromatic ring is 1. The van der Waals surface area contributed by atoms with Gasteiger partial charge in [-0.15, -0.1) is 0 Å². The van der Waals surface area contributed by atoms with Gasteiger partial charge < -0.3 is 15.8 Å². The van der Waals surface area contributed by atoms with Crippen molar-refractivity contribution in [2.24, 2.45) is 0 Å². The van der Waals surface area contributed by atoms with Crippen LogP contribution in [0.15, 0.2) is 42.5 Å². The van der Waals surface area contributed by atoms with Crippen LogP contribution >= 0.6 is 0 Å². The van der Waals surface area contributed by atoms with Crippen LogP contribution in [0.5, 0.6) is 5.75 Å². The largest absolute Gasteiger partial charge is 0.494 e. The second kappa shape index (κ2) is 6.76. The molecule has 142 valence electrons. The molecule has 4 rings (SSSR count). The molecule has 0 spiro atoms. The van der Waals surface area contributed by atoms with Crippen LogP contribution < -0.4 is 15.8 Å². The number of methoxy groups -OCH3 is 1. The number of anilines is 1. The van der Waals surface area contributed by atoms with Crippen molar-refractivity contribution >= 4 is 28.3 Å². The van der Waals surface area contributed by atoms with E-state index in [4.69, 9.17) is 10.5 Å². The third kappa shape index (κ3) is 2.96. The van der Waals surface area contributed by atoms with Crippen molar-refractivity contribution in [1.82, 2.24) is 19.9 Å². The lowest BCUT2D eigenvalue weighted by molar-refractivity contribution is 0.0945. The number of nitrogens with two attached hydrogens (primary N) is 1. The van der Waals surface area contributed by atoms with Gasteiger partial charge in [0.25, 0.3) is 5.91 Å². The first kappa shape index (κ1) is 17.7. The summed E-state index contributed by atoms with van der Waals surface area (Å²) in [5.41, 5.74) is 7.36. The first-order valence-corrected chi connectivity index (χ1v) is 8.32. The number of carbonyl (C=O) groups excluding carboxylic acids is 1. The first-order chi connectivity index (χ1) is 13.5. The molecule has 7 nitrogen and oxygen atoms in total. The number of nitrogens with zero attached hydrogens (tertiary/aromatic N) is 3. The average molecular weight is 383 g/mol. The lowest BCUT2D eigenvalue weighted by atomic mass is 10.2. The molecule has 2 aromatic heterocycles. The zero-order valence-electron chi connectivity index (χ0n) is 14.7. The Balaban J connectivity index is 1.68. The molecule has 3 N–H and O–H groups in total. The molecule has 0 bridgehead atoms. The van der Waals surface area contributed by atoms with Crippen LogP contribution in [0.1, 0.15) is 16.1 Å². The molecule has 0 saturated heterocycles. The Morgan fingerprint density at radius 1 is 1.25 bits per heavy atom. The van der Waals surface area contributed by atoms with Gasteiger partial charge in [-0.25, -0.2) is 13.8 Å². The lowest BCUT2D eigenvalue weighted by Crippen LogP contribution is -2.24. The maximum atomic E-state index is 13.7. The molecule has 0 atom stereocenters. The molecule has 1 amide bonds. The van der Waals surface area contributed by atoms with Crippen molar-refractivity contribution in [3.63, 3.8) is 0 Å². The van der Waals surface area contributed by atoms with Gasteiger partial charge in [-0.3, -0.25) is 4.79 Å². The molecule has 2 aromatic carbocycles. The molecule has 9 heteroatoms. The van der Waals surface area contributed by atoms with E-state index in [-0.39, 0.29) is 23.8 Å². The summed E-state index contributed by atoms with van der Waals surface area (Å²) in [6.07, 6.45) is 0. The van der Waals surface area contributed by atoms with E-state index in [0.29, 0.717) is 22.2 Å². The molecule has 0 fully saturated rings. The Hall–Kier alpha value is -3.75. The number of para-hydroxylation sites is 1. The maximum absolute atomic E-state index is 13.7. The highest BCUT2D eigenvalue weighted by Crippen LogP contribution is 2.28. The third-order valence-electron chi connectivity index (χ3n) is 4.33. The van der Waals surface area contributed by atoms with E-state index >= 15 is 0 Å². The van der Waals surface area contributed by atoms with E-state index in [9.17, 15) is 13.6 Å². The van der Waals surface area contributed by atoms with Gasteiger partial charge in [0.1, 0.15) is 22.9 Å². The number of halogens is 2. The number of aromatic nitrogens is 3. The highest BCUT2D eigenvalue weighted by molar-refractivity contribution is 6.01. The lowest BCUT2D eigenvalue weighted by Gasteiger charge is -2.07. The predicted octanol–water partition coefficient (Wildman–Crippen LogP) is 2.68. The summed E-state index contributed by atoms with van der Waals surface area (Å²) in [6, 6.07) is 10.1. The van der Waals surface area contributed by atoms with Crippen LogP contribution in [0.2, 0.25) is 0 Å². The van der Waals surface area contributed by atoms with Gasteiger partial charge in [-0.1, -0.05) is 18.2 Å². The minimum atomic E-state index is -0.734. The normalized spacial score (nSPS) is 11.1. The molecule has 0 unspecified atom stereocenters. The summed E-state index contributed by atoms with van der Waals surface area (Å²) in [4.78, 5) is 16.8. The SMILES string of the molecule is COc1cccc2c1nc(N)n1nc(C(=O)NCc3ccc(F)cc3F)cc21. The van der Waals surface area contributed by atoms with Crippen molar-refractivity contribution in [3.8, 4) is 5.75 Å². The smallest absolute Gasteiger partial charge is 0.272 e. The van der Waals surface area contributed by atoms with Crippen molar-refractivity contribution in [3.05, 3.63) is 65.4 Å². The monoisotopic (exact) mass is 383 g/mol. The Bertz CT molecular complexity index is 1220. The summed E-state index contributed by atoms with van der Waals surface area (Å²) in [7, 11) is 1.53. The van der Waals surface area contributed by atoms with E-state index in [2.05, 4.69) is 15.4 Å². The molecular formula is C19H15F2N5O2. The average Bonchev–Trinajstić information content (AvgIpc) is 3.13. The Kier molecular flexibility index (Phi) is 4.26. The minimum Gasteiger partial charge on any atom is -0.494 e. The summed E-state index contributed by atoms with van der Waals surface area (Å²) in [5.74, 6) is -1.30. The molecule has 0 radical (unpaired) electrons. The van der Waals surface area contributed by atoms with Crippen molar-refractivity contribution in [1.29, 1.82) is 0 Å². The Morgan fingerprint density at radius 3 is 2.82 bits per heavy atom. The minimum absolute atomic E-state index is 0.0892. The molecule has 0 aliphatic carbocycles. The molecule has 4 aromatic rings. The van der Waals surface area contributed by atoms with E-state index in [1.807, 2.05) is 6.07 Å². The van der Waals surface area contributed by atoms with E-state index in [0.717, 1.165) is 12.1 Å². The number of hydrogen-bond donors (Lipinski definition) is 2. The highest BCUT2D eigenvalue weighted by atomic mass is 19.1. The van der Waals surface area contributed by atoms with Gasteiger partial charge in [0.15, 0.2) is 5.69 Å². The van der Waals surface area contributed by atoms with Crippen molar-refractivity contribution in [2.75, 3.05) is 12.8 Å². The van der Waals surface area contributed by atoms with E-state index in [1.165, 1.54) is 17.7 Å². The highest BCUT2D eigenvalue weighted by Gasteiger charge is 2.17. The number of benzene rings is 2. The molecule has 0 aliphatic heterocycles. The van der Waals surface area contributed by atoms with Crippen molar-refractivity contribution < 1.29 is 18.3 Å².